The Morgan fingerprint density at radius 2 is 1.63 bits per heavy atom. The standard InChI is InChI=1S/C9H6F2N2O6/c1-2-19-9(14)6-7(10)4(12(15)16)3-5(8(6)11)13(17)18/h3H,2H2,1H3. The summed E-state index contributed by atoms with van der Waals surface area (Å²) in [7, 11) is 0. The number of esters is 1. The fourth-order valence-corrected chi connectivity index (χ4v) is 1.26. The first-order chi connectivity index (χ1) is 8.81. The smallest absolute Gasteiger partial charge is 0.344 e. The molecule has 10 heteroatoms. The molecule has 0 saturated carbocycles. The van der Waals surface area contributed by atoms with Crippen LogP contribution in [0, 0.1) is 31.9 Å². The van der Waals surface area contributed by atoms with Crippen LogP contribution in [0.3, 0.4) is 0 Å². The zero-order chi connectivity index (χ0) is 14.7. The van der Waals surface area contributed by atoms with E-state index < -0.39 is 44.4 Å². The molecule has 0 N–H and O–H groups in total. The van der Waals surface area contributed by atoms with Gasteiger partial charge in [-0.25, -0.2) is 4.79 Å². The molecule has 8 nitrogen and oxygen atoms in total. The van der Waals surface area contributed by atoms with Crippen molar-refractivity contribution in [2.75, 3.05) is 6.61 Å². The van der Waals surface area contributed by atoms with E-state index in [0.29, 0.717) is 0 Å². The van der Waals surface area contributed by atoms with Gasteiger partial charge in [0.15, 0.2) is 0 Å². The number of nitro groups is 2. The molecule has 0 fully saturated rings. The SMILES string of the molecule is CCOC(=O)c1c(F)c([N+](=O)[O-])cc([N+](=O)[O-])c1F. The maximum Gasteiger partial charge on any atom is 0.344 e. The van der Waals surface area contributed by atoms with Crippen LogP contribution in [-0.4, -0.2) is 22.4 Å². The molecule has 0 aliphatic rings. The number of hydrogen-bond donors (Lipinski definition) is 0. The zero-order valence-corrected chi connectivity index (χ0v) is 9.38. The number of ether oxygens (including phenoxy) is 1. The molecular weight excluding hydrogens is 270 g/mol. The molecule has 1 rings (SSSR count). The van der Waals surface area contributed by atoms with Crippen LogP contribution in [0.4, 0.5) is 20.2 Å². The van der Waals surface area contributed by atoms with Gasteiger partial charge in [0.05, 0.1) is 16.5 Å². The summed E-state index contributed by atoms with van der Waals surface area (Å²) in [6.45, 7) is 1.08. The van der Waals surface area contributed by atoms with E-state index in [1.165, 1.54) is 6.92 Å². The maximum absolute atomic E-state index is 13.6. The molecule has 102 valence electrons. The highest BCUT2D eigenvalue weighted by molar-refractivity contribution is 5.92. The van der Waals surface area contributed by atoms with Crippen molar-refractivity contribution in [2.45, 2.75) is 6.92 Å². The van der Waals surface area contributed by atoms with Crippen molar-refractivity contribution >= 4 is 17.3 Å². The lowest BCUT2D eigenvalue weighted by Crippen LogP contribution is -2.13. The van der Waals surface area contributed by atoms with Crippen molar-refractivity contribution in [3.63, 3.8) is 0 Å². The van der Waals surface area contributed by atoms with Gasteiger partial charge in [0.25, 0.3) is 0 Å². The highest BCUT2D eigenvalue weighted by atomic mass is 19.1. The average Bonchev–Trinajstić information content (AvgIpc) is 2.28. The van der Waals surface area contributed by atoms with E-state index in [4.69, 9.17) is 0 Å². The first-order valence-corrected chi connectivity index (χ1v) is 4.79. The zero-order valence-electron chi connectivity index (χ0n) is 9.38. The predicted octanol–water partition coefficient (Wildman–Crippen LogP) is 1.96. The predicted molar refractivity (Wildman–Crippen MR) is 55.6 cm³/mol. The van der Waals surface area contributed by atoms with Gasteiger partial charge in [0.2, 0.25) is 11.6 Å². The second-order valence-corrected chi connectivity index (χ2v) is 3.15. The highest BCUT2D eigenvalue weighted by Gasteiger charge is 2.34. The molecule has 0 saturated heterocycles. The summed E-state index contributed by atoms with van der Waals surface area (Å²) in [6.07, 6.45) is 0. The van der Waals surface area contributed by atoms with Crippen molar-refractivity contribution in [1.29, 1.82) is 0 Å². The Labute approximate surface area is 103 Å². The Morgan fingerprint density at radius 3 is 1.95 bits per heavy atom. The number of halogens is 2. The van der Waals surface area contributed by atoms with Crippen LogP contribution >= 0.6 is 0 Å². The average molecular weight is 276 g/mol. The highest BCUT2D eigenvalue weighted by Crippen LogP contribution is 2.31. The van der Waals surface area contributed by atoms with Crippen molar-refractivity contribution in [3.8, 4) is 0 Å². The van der Waals surface area contributed by atoms with E-state index in [9.17, 15) is 33.8 Å². The van der Waals surface area contributed by atoms with Gasteiger partial charge in [-0.15, -0.1) is 0 Å². The molecule has 0 spiro atoms. The van der Waals surface area contributed by atoms with Gasteiger partial charge in [-0.2, -0.15) is 8.78 Å². The van der Waals surface area contributed by atoms with Crippen LogP contribution < -0.4 is 0 Å². The lowest BCUT2D eigenvalue weighted by Gasteiger charge is -2.05. The minimum absolute atomic E-state index is 0.105. The minimum atomic E-state index is -1.81. The number of hydrogen-bond acceptors (Lipinski definition) is 6. The van der Waals surface area contributed by atoms with Gasteiger partial charge >= 0.3 is 17.3 Å². The van der Waals surface area contributed by atoms with Crippen LogP contribution in [0.5, 0.6) is 0 Å². The van der Waals surface area contributed by atoms with Gasteiger partial charge < -0.3 is 4.74 Å². The molecule has 0 amide bonds. The molecule has 0 radical (unpaired) electrons. The third-order valence-corrected chi connectivity index (χ3v) is 2.04. The second kappa shape index (κ2) is 5.33. The lowest BCUT2D eigenvalue weighted by molar-refractivity contribution is -0.397. The summed E-state index contributed by atoms with van der Waals surface area (Å²) in [5, 5.41) is 21.0. The van der Waals surface area contributed by atoms with E-state index in [1.807, 2.05) is 0 Å². The molecular formula is C9H6F2N2O6. The number of carbonyl (C=O) groups excluding carboxylic acids is 1. The van der Waals surface area contributed by atoms with Crippen molar-refractivity contribution < 1.29 is 28.2 Å². The third kappa shape index (κ3) is 2.61. The fraction of sp³-hybridized carbons (Fsp3) is 0.222. The molecule has 1 aromatic rings. The Kier molecular flexibility index (Phi) is 4.04. The lowest BCUT2D eigenvalue weighted by atomic mass is 10.1. The number of rotatable bonds is 4. The Balaban J connectivity index is 3.63. The van der Waals surface area contributed by atoms with Crippen LogP contribution in [0.2, 0.25) is 0 Å². The number of nitrogens with zero attached hydrogens (tertiary/aromatic N) is 2. The second-order valence-electron chi connectivity index (χ2n) is 3.15. The molecule has 19 heavy (non-hydrogen) atoms. The molecule has 1 aromatic carbocycles. The van der Waals surface area contributed by atoms with E-state index >= 15 is 0 Å². The molecule has 0 atom stereocenters. The van der Waals surface area contributed by atoms with E-state index in [0.717, 1.165) is 0 Å². The summed E-state index contributed by atoms with van der Waals surface area (Å²) in [6, 6.07) is 0.105. The van der Waals surface area contributed by atoms with Gasteiger partial charge in [0, 0.05) is 0 Å². The molecule has 0 aromatic heterocycles. The molecule has 0 bridgehead atoms. The summed E-state index contributed by atoms with van der Waals surface area (Å²) in [4.78, 5) is 29.7. The van der Waals surface area contributed by atoms with Crippen molar-refractivity contribution in [2.24, 2.45) is 0 Å². The minimum Gasteiger partial charge on any atom is -0.462 e. The molecule has 0 heterocycles. The van der Waals surface area contributed by atoms with Crippen molar-refractivity contribution in [1.82, 2.24) is 0 Å². The largest absolute Gasteiger partial charge is 0.462 e. The Bertz CT molecular complexity index is 536. The van der Waals surface area contributed by atoms with E-state index in [-0.39, 0.29) is 12.7 Å². The quantitative estimate of drug-likeness (QED) is 0.472. The molecule has 0 unspecified atom stereocenters. The fourth-order valence-electron chi connectivity index (χ4n) is 1.26. The number of carbonyl (C=O) groups is 1. The van der Waals surface area contributed by atoms with Gasteiger partial charge in [-0.1, -0.05) is 0 Å². The third-order valence-electron chi connectivity index (χ3n) is 2.04. The van der Waals surface area contributed by atoms with Gasteiger partial charge in [-0.05, 0) is 6.92 Å². The van der Waals surface area contributed by atoms with Gasteiger partial charge in [-0.3, -0.25) is 20.2 Å². The topological polar surface area (TPSA) is 113 Å². The summed E-state index contributed by atoms with van der Waals surface area (Å²) < 4.78 is 31.5. The number of nitro benzene ring substituents is 2. The summed E-state index contributed by atoms with van der Waals surface area (Å²) >= 11 is 0. The van der Waals surface area contributed by atoms with E-state index in [2.05, 4.69) is 4.74 Å². The van der Waals surface area contributed by atoms with Gasteiger partial charge in [0.1, 0.15) is 11.6 Å². The molecule has 0 aliphatic heterocycles. The first kappa shape index (κ1) is 14.4. The summed E-state index contributed by atoms with van der Waals surface area (Å²) in [5.41, 5.74) is -4.21. The van der Waals surface area contributed by atoms with E-state index in [1.54, 1.807) is 0 Å². The molecule has 0 aliphatic carbocycles. The first-order valence-electron chi connectivity index (χ1n) is 4.79. The Hall–Kier alpha value is -2.65. The van der Waals surface area contributed by atoms with Crippen molar-refractivity contribution in [3.05, 3.63) is 43.5 Å². The van der Waals surface area contributed by atoms with Crippen LogP contribution in [-0.2, 0) is 4.74 Å². The normalized spacial score (nSPS) is 10.1. The number of benzene rings is 1. The van der Waals surface area contributed by atoms with Crippen LogP contribution in [0.15, 0.2) is 6.07 Å². The van der Waals surface area contributed by atoms with Crippen LogP contribution in [0.1, 0.15) is 17.3 Å². The van der Waals surface area contributed by atoms with Crippen LogP contribution in [0.25, 0.3) is 0 Å². The monoisotopic (exact) mass is 276 g/mol. The maximum atomic E-state index is 13.6. The summed E-state index contributed by atoms with van der Waals surface area (Å²) in [5.74, 6) is -5.18. The Morgan fingerprint density at radius 1 is 1.21 bits per heavy atom.